The van der Waals surface area contributed by atoms with Gasteiger partial charge in [-0.05, 0) is 49.7 Å². The van der Waals surface area contributed by atoms with Crippen LogP contribution in [0.5, 0.6) is 0 Å². The van der Waals surface area contributed by atoms with Crippen molar-refractivity contribution in [3.8, 4) is 5.69 Å². The SMILES string of the molecule is Cc1cccc(-n2ccnc2SCC(=O)NCc2ccccc2N2CCN(C)CC2)c1C. The fourth-order valence-electron chi connectivity index (χ4n) is 3.97. The number of carbonyl (C=O) groups excluding carboxylic acids is 1. The molecule has 1 fully saturated rings. The lowest BCUT2D eigenvalue weighted by Gasteiger charge is -2.35. The Morgan fingerprint density at radius 1 is 1.03 bits per heavy atom. The summed E-state index contributed by atoms with van der Waals surface area (Å²) in [4.78, 5) is 21.9. The highest BCUT2D eigenvalue weighted by Gasteiger charge is 2.17. The first-order valence-corrected chi connectivity index (χ1v) is 12.0. The number of aromatic nitrogens is 2. The predicted octanol–water partition coefficient (Wildman–Crippen LogP) is 3.65. The molecule has 0 radical (unpaired) electrons. The van der Waals surface area contributed by atoms with Gasteiger partial charge in [-0.15, -0.1) is 0 Å². The molecular formula is C25H31N5OS. The largest absolute Gasteiger partial charge is 0.369 e. The summed E-state index contributed by atoms with van der Waals surface area (Å²) in [5, 5.41) is 3.92. The van der Waals surface area contributed by atoms with Crippen molar-refractivity contribution in [3.63, 3.8) is 0 Å². The standard InChI is InChI=1S/C25H31N5OS/c1-19-7-6-10-22(20(19)2)30-12-11-26-25(30)32-18-24(31)27-17-21-8-4-5-9-23(21)29-15-13-28(3)14-16-29/h4-12H,13-18H2,1-3H3,(H,27,31). The average molecular weight is 450 g/mol. The Balaban J connectivity index is 1.36. The van der Waals surface area contributed by atoms with Crippen molar-refractivity contribution in [2.24, 2.45) is 0 Å². The van der Waals surface area contributed by atoms with Gasteiger partial charge in [-0.3, -0.25) is 9.36 Å². The number of nitrogens with zero attached hydrogens (tertiary/aromatic N) is 4. The first kappa shape index (κ1) is 22.4. The van der Waals surface area contributed by atoms with E-state index in [-0.39, 0.29) is 5.91 Å². The molecule has 1 aliphatic heterocycles. The van der Waals surface area contributed by atoms with E-state index in [4.69, 9.17) is 0 Å². The molecule has 1 N–H and O–H groups in total. The van der Waals surface area contributed by atoms with Gasteiger partial charge in [0, 0.05) is 50.8 Å². The zero-order valence-corrected chi connectivity index (χ0v) is 19.9. The lowest BCUT2D eigenvalue weighted by molar-refractivity contribution is -0.118. The smallest absolute Gasteiger partial charge is 0.230 e. The molecule has 168 valence electrons. The van der Waals surface area contributed by atoms with Crippen molar-refractivity contribution in [1.82, 2.24) is 19.8 Å². The van der Waals surface area contributed by atoms with Crippen molar-refractivity contribution < 1.29 is 4.79 Å². The number of carbonyl (C=O) groups is 1. The maximum atomic E-state index is 12.6. The van der Waals surface area contributed by atoms with Crippen LogP contribution in [0.2, 0.25) is 0 Å². The van der Waals surface area contributed by atoms with E-state index >= 15 is 0 Å². The minimum absolute atomic E-state index is 0.0127. The molecule has 0 aliphatic carbocycles. The number of anilines is 1. The number of amides is 1. The van der Waals surface area contributed by atoms with Gasteiger partial charge in [0.2, 0.25) is 5.91 Å². The third-order valence-electron chi connectivity index (χ3n) is 6.09. The Morgan fingerprint density at radius 3 is 2.59 bits per heavy atom. The number of hydrogen-bond acceptors (Lipinski definition) is 5. The molecule has 1 amide bonds. The Labute approximate surface area is 194 Å². The van der Waals surface area contributed by atoms with E-state index in [1.807, 2.05) is 12.3 Å². The highest BCUT2D eigenvalue weighted by Crippen LogP contribution is 2.25. The van der Waals surface area contributed by atoms with Crippen LogP contribution in [0.4, 0.5) is 5.69 Å². The maximum absolute atomic E-state index is 12.6. The number of piperazine rings is 1. The van der Waals surface area contributed by atoms with Gasteiger partial charge in [0.05, 0.1) is 11.4 Å². The van der Waals surface area contributed by atoms with Gasteiger partial charge in [0.1, 0.15) is 0 Å². The zero-order valence-electron chi connectivity index (χ0n) is 19.0. The van der Waals surface area contributed by atoms with Crippen LogP contribution in [0.15, 0.2) is 60.0 Å². The highest BCUT2D eigenvalue weighted by molar-refractivity contribution is 7.99. The molecule has 0 unspecified atom stereocenters. The van der Waals surface area contributed by atoms with E-state index in [2.05, 4.69) is 82.0 Å². The Bertz CT molecular complexity index is 1070. The van der Waals surface area contributed by atoms with Gasteiger partial charge in [0.15, 0.2) is 5.16 Å². The number of thioether (sulfide) groups is 1. The Kier molecular flexibility index (Phi) is 7.17. The summed E-state index contributed by atoms with van der Waals surface area (Å²) in [6.45, 7) is 8.90. The summed E-state index contributed by atoms with van der Waals surface area (Å²) in [5.74, 6) is 0.345. The highest BCUT2D eigenvalue weighted by atomic mass is 32.2. The van der Waals surface area contributed by atoms with Crippen LogP contribution in [0.3, 0.4) is 0 Å². The molecule has 1 aromatic heterocycles. The van der Waals surface area contributed by atoms with E-state index in [1.54, 1.807) is 6.20 Å². The molecule has 32 heavy (non-hydrogen) atoms. The van der Waals surface area contributed by atoms with Crippen LogP contribution in [-0.4, -0.2) is 59.3 Å². The molecule has 0 bridgehead atoms. The Morgan fingerprint density at radius 2 is 1.78 bits per heavy atom. The molecule has 0 saturated carbocycles. The molecule has 4 rings (SSSR count). The van der Waals surface area contributed by atoms with Crippen LogP contribution in [0, 0.1) is 13.8 Å². The fraction of sp³-hybridized carbons (Fsp3) is 0.360. The second-order valence-electron chi connectivity index (χ2n) is 8.28. The fourth-order valence-corrected chi connectivity index (χ4v) is 4.76. The van der Waals surface area contributed by atoms with Crippen LogP contribution in [0.25, 0.3) is 5.69 Å². The molecule has 3 aromatic rings. The minimum atomic E-state index is 0.0127. The molecule has 7 heteroatoms. The van der Waals surface area contributed by atoms with Crippen LogP contribution in [0.1, 0.15) is 16.7 Å². The summed E-state index contributed by atoms with van der Waals surface area (Å²) < 4.78 is 2.06. The van der Waals surface area contributed by atoms with Crippen LogP contribution < -0.4 is 10.2 Å². The van der Waals surface area contributed by atoms with E-state index < -0.39 is 0 Å². The number of para-hydroxylation sites is 1. The van der Waals surface area contributed by atoms with Gasteiger partial charge in [-0.25, -0.2) is 4.98 Å². The number of likely N-dealkylation sites (N-methyl/N-ethyl adjacent to an activating group) is 1. The molecule has 1 saturated heterocycles. The second-order valence-corrected chi connectivity index (χ2v) is 9.23. The van der Waals surface area contributed by atoms with Crippen molar-refractivity contribution >= 4 is 23.4 Å². The molecule has 1 aliphatic rings. The number of benzene rings is 2. The number of nitrogens with one attached hydrogen (secondary N) is 1. The van der Waals surface area contributed by atoms with Crippen molar-refractivity contribution in [2.75, 3.05) is 43.9 Å². The van der Waals surface area contributed by atoms with E-state index in [0.29, 0.717) is 12.3 Å². The van der Waals surface area contributed by atoms with Gasteiger partial charge in [-0.2, -0.15) is 0 Å². The molecule has 0 spiro atoms. The third kappa shape index (κ3) is 5.16. The number of rotatable bonds is 7. The number of hydrogen-bond donors (Lipinski definition) is 1. The number of imidazole rings is 1. The topological polar surface area (TPSA) is 53.4 Å². The van der Waals surface area contributed by atoms with Crippen molar-refractivity contribution in [1.29, 1.82) is 0 Å². The van der Waals surface area contributed by atoms with Crippen LogP contribution in [-0.2, 0) is 11.3 Å². The monoisotopic (exact) mass is 449 g/mol. The molecule has 2 heterocycles. The summed E-state index contributed by atoms with van der Waals surface area (Å²) >= 11 is 1.46. The summed E-state index contributed by atoms with van der Waals surface area (Å²) in [7, 11) is 2.16. The van der Waals surface area contributed by atoms with Crippen LogP contribution >= 0.6 is 11.8 Å². The molecular weight excluding hydrogens is 418 g/mol. The first-order chi connectivity index (χ1) is 15.5. The van der Waals surface area contributed by atoms with E-state index in [9.17, 15) is 4.79 Å². The zero-order chi connectivity index (χ0) is 22.5. The average Bonchev–Trinajstić information content (AvgIpc) is 3.27. The summed E-state index contributed by atoms with van der Waals surface area (Å²) in [6.07, 6.45) is 3.74. The molecule has 0 atom stereocenters. The first-order valence-electron chi connectivity index (χ1n) is 11.0. The van der Waals surface area contributed by atoms with Crippen molar-refractivity contribution in [3.05, 3.63) is 71.5 Å². The maximum Gasteiger partial charge on any atom is 0.230 e. The number of aryl methyl sites for hydroxylation is 1. The van der Waals surface area contributed by atoms with Gasteiger partial charge in [0.25, 0.3) is 0 Å². The lowest BCUT2D eigenvalue weighted by Crippen LogP contribution is -2.45. The normalized spacial score (nSPS) is 14.5. The van der Waals surface area contributed by atoms with Gasteiger partial charge >= 0.3 is 0 Å². The Hall–Kier alpha value is -2.77. The van der Waals surface area contributed by atoms with E-state index in [1.165, 1.54) is 28.6 Å². The predicted molar refractivity (Wildman–Crippen MR) is 132 cm³/mol. The summed E-state index contributed by atoms with van der Waals surface area (Å²) in [6, 6.07) is 14.6. The second kappa shape index (κ2) is 10.2. The minimum Gasteiger partial charge on any atom is -0.369 e. The molecule has 6 nitrogen and oxygen atoms in total. The quantitative estimate of drug-likeness (QED) is 0.558. The third-order valence-corrected chi connectivity index (χ3v) is 7.05. The molecule has 2 aromatic carbocycles. The lowest BCUT2D eigenvalue weighted by atomic mass is 10.1. The van der Waals surface area contributed by atoms with E-state index in [0.717, 1.165) is 42.6 Å². The van der Waals surface area contributed by atoms with Gasteiger partial charge < -0.3 is 15.1 Å². The summed E-state index contributed by atoms with van der Waals surface area (Å²) in [5.41, 5.74) is 5.94. The van der Waals surface area contributed by atoms with Gasteiger partial charge in [-0.1, -0.05) is 42.1 Å². The van der Waals surface area contributed by atoms with Crippen molar-refractivity contribution in [2.45, 2.75) is 25.5 Å².